The Morgan fingerprint density at radius 2 is 2.28 bits per heavy atom. The van der Waals surface area contributed by atoms with Gasteiger partial charge in [-0.25, -0.2) is 8.42 Å². The van der Waals surface area contributed by atoms with Crippen molar-refractivity contribution in [2.75, 3.05) is 18.8 Å². The Labute approximate surface area is 111 Å². The zero-order chi connectivity index (χ0) is 13.2. The van der Waals surface area contributed by atoms with E-state index in [9.17, 15) is 13.2 Å². The molecule has 2 rings (SSSR count). The van der Waals surface area contributed by atoms with Gasteiger partial charge in [-0.1, -0.05) is 13.0 Å². The van der Waals surface area contributed by atoms with E-state index in [1.807, 2.05) is 17.5 Å². The topological polar surface area (TPSA) is 54.5 Å². The van der Waals surface area contributed by atoms with E-state index >= 15 is 0 Å². The maximum atomic E-state index is 11.7. The lowest BCUT2D eigenvalue weighted by Crippen LogP contribution is -2.56. The Kier molecular flexibility index (Phi) is 3.87. The molecule has 0 aromatic carbocycles. The van der Waals surface area contributed by atoms with Crippen molar-refractivity contribution in [3.8, 4) is 0 Å². The molecule has 0 bridgehead atoms. The van der Waals surface area contributed by atoms with Crippen molar-refractivity contribution in [1.82, 2.24) is 4.90 Å². The second-order valence-electron chi connectivity index (χ2n) is 4.17. The molecular formula is C12H15NO3S2. The molecular weight excluding hydrogens is 270 g/mol. The van der Waals surface area contributed by atoms with Crippen molar-refractivity contribution in [3.63, 3.8) is 0 Å². The summed E-state index contributed by atoms with van der Waals surface area (Å²) in [5, 5.41) is 1.57. The maximum Gasteiger partial charge on any atom is 0.246 e. The number of thiophene rings is 1. The zero-order valence-electron chi connectivity index (χ0n) is 10.1. The van der Waals surface area contributed by atoms with Crippen molar-refractivity contribution in [1.29, 1.82) is 0 Å². The smallest absolute Gasteiger partial charge is 0.246 e. The Hall–Kier alpha value is -1.14. The van der Waals surface area contributed by atoms with Crippen LogP contribution in [0.1, 0.15) is 11.8 Å². The highest BCUT2D eigenvalue weighted by molar-refractivity contribution is 7.92. The molecule has 18 heavy (non-hydrogen) atoms. The van der Waals surface area contributed by atoms with Crippen LogP contribution < -0.4 is 0 Å². The number of hydrogen-bond donors (Lipinski definition) is 0. The molecule has 1 aromatic heterocycles. The fraction of sp³-hybridized carbons (Fsp3) is 0.417. The van der Waals surface area contributed by atoms with Crippen LogP contribution in [0.4, 0.5) is 0 Å². The van der Waals surface area contributed by atoms with Gasteiger partial charge in [-0.3, -0.25) is 4.79 Å². The first-order valence-corrected chi connectivity index (χ1v) is 8.34. The number of rotatable bonds is 4. The summed E-state index contributed by atoms with van der Waals surface area (Å²) in [6.45, 7) is 2.28. The van der Waals surface area contributed by atoms with E-state index in [0.29, 0.717) is 13.1 Å². The third kappa shape index (κ3) is 2.81. The second-order valence-corrected chi connectivity index (χ2v) is 7.71. The third-order valence-corrected chi connectivity index (χ3v) is 5.96. The number of hydrogen-bond acceptors (Lipinski definition) is 4. The third-order valence-electron chi connectivity index (χ3n) is 3.00. The van der Waals surface area contributed by atoms with Gasteiger partial charge in [0.2, 0.25) is 5.91 Å². The average Bonchev–Trinajstić information content (AvgIpc) is 2.76. The van der Waals surface area contributed by atoms with Crippen molar-refractivity contribution < 1.29 is 13.2 Å². The summed E-state index contributed by atoms with van der Waals surface area (Å²) < 4.78 is 23.1. The number of sulfone groups is 1. The Bertz CT molecular complexity index is 540. The predicted octanol–water partition coefficient (Wildman–Crippen LogP) is 1.41. The number of carbonyl (C=O) groups excluding carboxylic acids is 1. The quantitative estimate of drug-likeness (QED) is 0.786. The van der Waals surface area contributed by atoms with E-state index in [2.05, 4.69) is 0 Å². The van der Waals surface area contributed by atoms with E-state index in [1.165, 1.54) is 6.08 Å². The van der Waals surface area contributed by atoms with Gasteiger partial charge in [-0.2, -0.15) is 0 Å². The summed E-state index contributed by atoms with van der Waals surface area (Å²) >= 11 is 1.56. The van der Waals surface area contributed by atoms with Crippen molar-refractivity contribution in [2.24, 2.45) is 0 Å². The molecule has 4 nitrogen and oxygen atoms in total. The SMILES string of the molecule is CCS(=O)(=O)C1CN(C(=O)/C=C/c2cccs2)C1. The van der Waals surface area contributed by atoms with E-state index in [-0.39, 0.29) is 16.9 Å². The average molecular weight is 285 g/mol. The molecule has 1 fully saturated rings. The highest BCUT2D eigenvalue weighted by Gasteiger charge is 2.37. The fourth-order valence-electron chi connectivity index (χ4n) is 1.73. The van der Waals surface area contributed by atoms with Crippen LogP contribution >= 0.6 is 11.3 Å². The lowest BCUT2D eigenvalue weighted by Gasteiger charge is -2.37. The van der Waals surface area contributed by atoms with Crippen LogP contribution in [0.2, 0.25) is 0 Å². The molecule has 0 aliphatic carbocycles. The zero-order valence-corrected chi connectivity index (χ0v) is 11.7. The lowest BCUT2D eigenvalue weighted by atomic mass is 10.2. The van der Waals surface area contributed by atoms with Gasteiger partial charge in [-0.05, 0) is 17.5 Å². The summed E-state index contributed by atoms with van der Waals surface area (Å²) in [4.78, 5) is 14.3. The Morgan fingerprint density at radius 1 is 1.56 bits per heavy atom. The molecule has 98 valence electrons. The Morgan fingerprint density at radius 3 is 2.83 bits per heavy atom. The molecule has 0 atom stereocenters. The van der Waals surface area contributed by atoms with Gasteiger partial charge < -0.3 is 4.90 Å². The van der Waals surface area contributed by atoms with E-state index in [4.69, 9.17) is 0 Å². The standard InChI is InChI=1S/C12H15NO3S2/c1-2-18(15,16)11-8-13(9-11)12(14)6-5-10-4-3-7-17-10/h3-7,11H,2,8-9H2,1H3/b6-5+. The van der Waals surface area contributed by atoms with Gasteiger partial charge >= 0.3 is 0 Å². The van der Waals surface area contributed by atoms with Crippen LogP contribution in [0.3, 0.4) is 0 Å². The lowest BCUT2D eigenvalue weighted by molar-refractivity contribution is -0.128. The van der Waals surface area contributed by atoms with Gasteiger partial charge in [-0.15, -0.1) is 11.3 Å². The van der Waals surface area contributed by atoms with Crippen molar-refractivity contribution >= 4 is 33.2 Å². The first kappa shape index (κ1) is 13.3. The van der Waals surface area contributed by atoms with Crippen LogP contribution in [0.5, 0.6) is 0 Å². The minimum atomic E-state index is -3.00. The number of nitrogens with zero attached hydrogens (tertiary/aromatic N) is 1. The highest BCUT2D eigenvalue weighted by atomic mass is 32.2. The summed E-state index contributed by atoms with van der Waals surface area (Å²) in [6.07, 6.45) is 3.26. The fourth-order valence-corrected chi connectivity index (χ4v) is 3.63. The van der Waals surface area contributed by atoms with E-state index in [0.717, 1.165) is 4.88 Å². The molecule has 1 aliphatic heterocycles. The van der Waals surface area contributed by atoms with Crippen LogP contribution in [0.15, 0.2) is 23.6 Å². The molecule has 2 heterocycles. The minimum absolute atomic E-state index is 0.119. The molecule has 1 saturated heterocycles. The summed E-state index contributed by atoms with van der Waals surface area (Å²) in [6, 6.07) is 3.84. The number of carbonyl (C=O) groups is 1. The monoisotopic (exact) mass is 285 g/mol. The van der Waals surface area contributed by atoms with Gasteiger partial charge in [0.15, 0.2) is 9.84 Å². The molecule has 0 N–H and O–H groups in total. The highest BCUT2D eigenvalue weighted by Crippen LogP contribution is 2.18. The summed E-state index contributed by atoms with van der Waals surface area (Å²) in [7, 11) is -3.00. The minimum Gasteiger partial charge on any atom is -0.336 e. The number of likely N-dealkylation sites (tertiary alicyclic amines) is 1. The van der Waals surface area contributed by atoms with Crippen LogP contribution in [-0.2, 0) is 14.6 Å². The second kappa shape index (κ2) is 5.24. The van der Waals surface area contributed by atoms with Crippen LogP contribution in [-0.4, -0.2) is 43.3 Å². The first-order valence-electron chi connectivity index (χ1n) is 5.75. The van der Waals surface area contributed by atoms with Crippen molar-refractivity contribution in [2.45, 2.75) is 12.2 Å². The maximum absolute atomic E-state index is 11.7. The van der Waals surface area contributed by atoms with E-state index < -0.39 is 9.84 Å². The first-order chi connectivity index (χ1) is 8.53. The van der Waals surface area contributed by atoms with Crippen molar-refractivity contribution in [3.05, 3.63) is 28.5 Å². The summed E-state index contributed by atoms with van der Waals surface area (Å²) in [5.74, 6) is 0.0241. The van der Waals surface area contributed by atoms with Gasteiger partial charge in [0.25, 0.3) is 0 Å². The van der Waals surface area contributed by atoms with Crippen LogP contribution in [0, 0.1) is 0 Å². The molecule has 1 amide bonds. The molecule has 1 aliphatic rings. The molecule has 6 heteroatoms. The van der Waals surface area contributed by atoms with Crippen LogP contribution in [0.25, 0.3) is 6.08 Å². The normalized spacial score (nSPS) is 17.1. The molecule has 0 spiro atoms. The van der Waals surface area contributed by atoms with E-state index in [1.54, 1.807) is 29.2 Å². The van der Waals surface area contributed by atoms with Gasteiger partial charge in [0.1, 0.15) is 0 Å². The molecule has 0 saturated carbocycles. The molecule has 1 aromatic rings. The largest absolute Gasteiger partial charge is 0.336 e. The predicted molar refractivity (Wildman–Crippen MR) is 73.2 cm³/mol. The van der Waals surface area contributed by atoms with Gasteiger partial charge in [0.05, 0.1) is 5.25 Å². The molecule has 0 radical (unpaired) electrons. The Balaban J connectivity index is 1.87. The van der Waals surface area contributed by atoms with Gasteiger partial charge in [0, 0.05) is 29.8 Å². The molecule has 0 unspecified atom stereocenters. The number of amides is 1. The summed E-state index contributed by atoms with van der Waals surface area (Å²) in [5.41, 5.74) is 0.